The van der Waals surface area contributed by atoms with Gasteiger partial charge in [-0.25, -0.2) is 9.18 Å². The Hall–Kier alpha value is -3.22. The minimum absolute atomic E-state index is 0.284. The van der Waals surface area contributed by atoms with Crippen LogP contribution in [0.4, 0.5) is 9.18 Å². The number of aryl methyl sites for hydroxylation is 2. The van der Waals surface area contributed by atoms with Gasteiger partial charge in [0.2, 0.25) is 5.91 Å². The molecule has 158 valence electrons. The van der Waals surface area contributed by atoms with Crippen LogP contribution in [0.15, 0.2) is 42.5 Å². The first-order valence-electron chi connectivity index (χ1n) is 9.88. The lowest BCUT2D eigenvalue weighted by Crippen LogP contribution is -2.45. The number of likely N-dealkylation sites (N-methyl/N-ethyl adjacent to an activating group) is 1. The van der Waals surface area contributed by atoms with Crippen LogP contribution >= 0.6 is 0 Å². The Morgan fingerprint density at radius 3 is 2.40 bits per heavy atom. The lowest BCUT2D eigenvalue weighted by Gasteiger charge is -2.26. The summed E-state index contributed by atoms with van der Waals surface area (Å²) in [5.74, 6) is -1.28. The fourth-order valence-electron chi connectivity index (χ4n) is 3.77. The maximum absolute atomic E-state index is 13.3. The van der Waals surface area contributed by atoms with Crippen molar-refractivity contribution in [2.75, 3.05) is 13.6 Å². The van der Waals surface area contributed by atoms with Gasteiger partial charge in [-0.2, -0.15) is 0 Å². The molecular weight excluding hydrogens is 385 g/mol. The number of hydrogen-bond donors (Lipinski definition) is 1. The summed E-state index contributed by atoms with van der Waals surface area (Å²) >= 11 is 0. The highest BCUT2D eigenvalue weighted by molar-refractivity contribution is 6.09. The number of carbonyl (C=O) groups excluding carboxylic acids is 3. The van der Waals surface area contributed by atoms with E-state index in [2.05, 4.69) is 5.32 Å². The molecule has 2 aromatic carbocycles. The summed E-state index contributed by atoms with van der Waals surface area (Å²) in [6.45, 7) is 5.78. The molecular formula is C23H26FN3O3. The number of imide groups is 1. The number of nitrogens with zero attached hydrogens (tertiary/aromatic N) is 2. The zero-order valence-electron chi connectivity index (χ0n) is 17.7. The predicted octanol–water partition coefficient (Wildman–Crippen LogP) is 3.26. The summed E-state index contributed by atoms with van der Waals surface area (Å²) in [6, 6.07) is 10.8. The highest BCUT2D eigenvalue weighted by Gasteiger charge is 2.51. The van der Waals surface area contributed by atoms with Crippen molar-refractivity contribution >= 4 is 17.8 Å². The maximum Gasteiger partial charge on any atom is 0.325 e. The van der Waals surface area contributed by atoms with Gasteiger partial charge in [-0.15, -0.1) is 0 Å². The van der Waals surface area contributed by atoms with Crippen LogP contribution in [0.2, 0.25) is 0 Å². The highest BCUT2D eigenvalue weighted by atomic mass is 19.1. The molecule has 1 aliphatic heterocycles. The zero-order chi connectivity index (χ0) is 22.1. The molecule has 1 fully saturated rings. The van der Waals surface area contributed by atoms with E-state index in [9.17, 15) is 18.8 Å². The van der Waals surface area contributed by atoms with Crippen LogP contribution in [0, 0.1) is 19.7 Å². The van der Waals surface area contributed by atoms with Gasteiger partial charge in [0.05, 0.1) is 0 Å². The first-order valence-corrected chi connectivity index (χ1v) is 9.88. The van der Waals surface area contributed by atoms with E-state index in [-0.39, 0.29) is 18.9 Å². The van der Waals surface area contributed by atoms with Gasteiger partial charge in [-0.1, -0.05) is 42.8 Å². The first kappa shape index (κ1) is 21.5. The number of carbonyl (C=O) groups is 3. The average molecular weight is 411 g/mol. The van der Waals surface area contributed by atoms with Gasteiger partial charge in [0, 0.05) is 13.6 Å². The molecule has 0 aromatic heterocycles. The van der Waals surface area contributed by atoms with Gasteiger partial charge < -0.3 is 10.2 Å². The van der Waals surface area contributed by atoms with Gasteiger partial charge in [0.1, 0.15) is 17.9 Å². The summed E-state index contributed by atoms with van der Waals surface area (Å²) in [6.07, 6.45) is 0.284. The van der Waals surface area contributed by atoms with Crippen LogP contribution in [-0.2, 0) is 21.7 Å². The molecule has 1 heterocycles. The number of benzene rings is 2. The zero-order valence-corrected chi connectivity index (χ0v) is 17.7. The van der Waals surface area contributed by atoms with Crippen LogP contribution in [0.5, 0.6) is 0 Å². The largest absolute Gasteiger partial charge is 0.340 e. The SMILES string of the molecule is CC[C@]1(c2ccc(F)cc2)NC(=O)N(CC(=O)N(C)Cc2ccc(C)cc2C)C1=O. The van der Waals surface area contributed by atoms with E-state index in [1.807, 2.05) is 32.0 Å². The van der Waals surface area contributed by atoms with Crippen molar-refractivity contribution in [1.29, 1.82) is 0 Å². The van der Waals surface area contributed by atoms with Crippen molar-refractivity contribution < 1.29 is 18.8 Å². The van der Waals surface area contributed by atoms with E-state index in [1.165, 1.54) is 29.2 Å². The molecule has 0 bridgehead atoms. The Morgan fingerprint density at radius 1 is 1.13 bits per heavy atom. The van der Waals surface area contributed by atoms with E-state index >= 15 is 0 Å². The Balaban J connectivity index is 1.75. The van der Waals surface area contributed by atoms with E-state index < -0.39 is 23.3 Å². The average Bonchev–Trinajstić information content (AvgIpc) is 2.95. The number of halogens is 1. The van der Waals surface area contributed by atoms with Crippen molar-refractivity contribution in [2.24, 2.45) is 0 Å². The van der Waals surface area contributed by atoms with E-state index in [1.54, 1.807) is 14.0 Å². The maximum atomic E-state index is 13.3. The Labute approximate surface area is 175 Å². The van der Waals surface area contributed by atoms with Crippen molar-refractivity contribution in [1.82, 2.24) is 15.1 Å². The quantitative estimate of drug-likeness (QED) is 0.742. The molecule has 4 amide bonds. The van der Waals surface area contributed by atoms with E-state index in [0.717, 1.165) is 21.6 Å². The van der Waals surface area contributed by atoms with Crippen LogP contribution in [0.1, 0.15) is 35.6 Å². The molecule has 2 aromatic rings. The van der Waals surface area contributed by atoms with Gasteiger partial charge in [-0.05, 0) is 49.1 Å². The molecule has 6 nitrogen and oxygen atoms in total. The Kier molecular flexibility index (Phi) is 5.92. The fourth-order valence-corrected chi connectivity index (χ4v) is 3.77. The van der Waals surface area contributed by atoms with Crippen LogP contribution in [0.3, 0.4) is 0 Å². The second-order valence-electron chi connectivity index (χ2n) is 7.77. The smallest absolute Gasteiger partial charge is 0.325 e. The summed E-state index contributed by atoms with van der Waals surface area (Å²) < 4.78 is 13.3. The van der Waals surface area contributed by atoms with Gasteiger partial charge in [0.25, 0.3) is 5.91 Å². The molecule has 0 radical (unpaired) electrons. The molecule has 3 rings (SSSR count). The van der Waals surface area contributed by atoms with Crippen molar-refractivity contribution in [3.05, 3.63) is 70.5 Å². The van der Waals surface area contributed by atoms with Crippen LogP contribution in [0.25, 0.3) is 0 Å². The Bertz CT molecular complexity index is 990. The normalized spacial score (nSPS) is 18.5. The molecule has 0 spiro atoms. The lowest BCUT2D eigenvalue weighted by atomic mass is 9.87. The van der Waals surface area contributed by atoms with Crippen LogP contribution in [-0.4, -0.2) is 41.2 Å². The minimum Gasteiger partial charge on any atom is -0.340 e. The molecule has 1 aliphatic rings. The monoisotopic (exact) mass is 411 g/mol. The highest BCUT2D eigenvalue weighted by Crippen LogP contribution is 2.32. The molecule has 0 aliphatic carbocycles. The van der Waals surface area contributed by atoms with Gasteiger partial charge in [0.15, 0.2) is 0 Å². The van der Waals surface area contributed by atoms with E-state index in [4.69, 9.17) is 0 Å². The second-order valence-corrected chi connectivity index (χ2v) is 7.77. The molecule has 1 atom stereocenters. The fraction of sp³-hybridized carbons (Fsp3) is 0.348. The summed E-state index contributed by atoms with van der Waals surface area (Å²) in [5, 5.41) is 2.71. The number of hydrogen-bond acceptors (Lipinski definition) is 3. The molecule has 0 saturated carbocycles. The number of urea groups is 1. The third-order valence-electron chi connectivity index (χ3n) is 5.67. The van der Waals surface area contributed by atoms with Crippen molar-refractivity contribution in [3.8, 4) is 0 Å². The summed E-state index contributed by atoms with van der Waals surface area (Å²) in [4.78, 5) is 40.9. The van der Waals surface area contributed by atoms with Crippen LogP contribution < -0.4 is 5.32 Å². The van der Waals surface area contributed by atoms with E-state index in [0.29, 0.717) is 12.1 Å². The van der Waals surface area contributed by atoms with Crippen molar-refractivity contribution in [3.63, 3.8) is 0 Å². The van der Waals surface area contributed by atoms with Gasteiger partial charge >= 0.3 is 6.03 Å². The number of amides is 4. The number of nitrogens with one attached hydrogen (secondary N) is 1. The first-order chi connectivity index (χ1) is 14.2. The Morgan fingerprint density at radius 2 is 1.80 bits per heavy atom. The lowest BCUT2D eigenvalue weighted by molar-refractivity contribution is -0.138. The summed E-state index contributed by atoms with van der Waals surface area (Å²) in [7, 11) is 1.65. The summed E-state index contributed by atoms with van der Waals surface area (Å²) in [5.41, 5.74) is 2.41. The third kappa shape index (κ3) is 3.92. The topological polar surface area (TPSA) is 69.7 Å². The third-order valence-corrected chi connectivity index (χ3v) is 5.67. The minimum atomic E-state index is -1.29. The van der Waals surface area contributed by atoms with Gasteiger partial charge in [-0.3, -0.25) is 14.5 Å². The number of rotatable bonds is 6. The molecule has 0 unspecified atom stereocenters. The molecule has 1 N–H and O–H groups in total. The molecule has 7 heteroatoms. The predicted molar refractivity (Wildman–Crippen MR) is 111 cm³/mol. The molecule has 30 heavy (non-hydrogen) atoms. The second kappa shape index (κ2) is 8.26. The standard InChI is InChI=1S/C23H26FN3O3/c1-5-23(18-8-10-19(24)11-9-18)21(29)27(22(30)25-23)14-20(28)26(4)13-17-7-6-15(2)12-16(17)3/h6-12H,5,13-14H2,1-4H3,(H,25,30)/t23-/m1/s1. The molecule has 1 saturated heterocycles. The van der Waals surface area contributed by atoms with Crippen molar-refractivity contribution in [2.45, 2.75) is 39.3 Å².